The highest BCUT2D eigenvalue weighted by atomic mass is 19.4. The molecule has 0 saturated heterocycles. The Kier molecular flexibility index (Phi) is 4.51. The van der Waals surface area contributed by atoms with Gasteiger partial charge in [0.15, 0.2) is 0 Å². The van der Waals surface area contributed by atoms with Crippen molar-refractivity contribution in [3.63, 3.8) is 0 Å². The fraction of sp³-hybridized carbons (Fsp3) is 1.00. The van der Waals surface area contributed by atoms with Crippen molar-refractivity contribution in [1.29, 1.82) is 0 Å². The zero-order chi connectivity index (χ0) is 15.0. The van der Waals surface area contributed by atoms with Crippen molar-refractivity contribution in [1.82, 2.24) is 0 Å². The highest BCUT2D eigenvalue weighted by Crippen LogP contribution is 2.47. The molecule has 0 rings (SSSR count). The molecule has 0 saturated carbocycles. The molecule has 12 heteroatoms. The van der Waals surface area contributed by atoms with E-state index in [2.05, 4.69) is 0 Å². The van der Waals surface area contributed by atoms with Gasteiger partial charge < -0.3 is 5.11 Å². The van der Waals surface area contributed by atoms with Crippen molar-refractivity contribution >= 4 is 0 Å². The molecular weight excluding hydrogens is 294 g/mol. The number of halogens is 10. The van der Waals surface area contributed by atoms with Gasteiger partial charge in [0.25, 0.3) is 6.36 Å². The molecule has 0 aromatic carbocycles. The Morgan fingerprint density at radius 1 is 0.889 bits per heavy atom. The predicted octanol–water partition coefficient (Wildman–Crippen LogP) is 2.72. The number of hydrogen-bond donors (Lipinski definition) is 1. The van der Waals surface area contributed by atoms with Crippen LogP contribution < -0.4 is 0 Å². The molecule has 0 aliphatic rings. The van der Waals surface area contributed by atoms with E-state index in [1.54, 1.807) is 0 Å². The first-order valence-electron chi connectivity index (χ1n) is 3.82. The number of rotatable bonds is 5. The Morgan fingerprint density at radius 2 is 1.28 bits per heavy atom. The van der Waals surface area contributed by atoms with Gasteiger partial charge in [-0.15, -0.1) is 0 Å². The number of aliphatic hydroxyl groups is 1. The SMILES string of the molecule is OCC(F)(F)C(F)(F)C(F)(F)OC(F)C(F)(F)F. The first-order valence-corrected chi connectivity index (χ1v) is 3.82. The summed E-state index contributed by atoms with van der Waals surface area (Å²) in [7, 11) is 0. The lowest BCUT2D eigenvalue weighted by molar-refractivity contribution is -0.442. The van der Waals surface area contributed by atoms with Crippen LogP contribution in [0, 0.1) is 0 Å². The summed E-state index contributed by atoms with van der Waals surface area (Å²) in [6.07, 6.45) is -17.5. The van der Waals surface area contributed by atoms with E-state index < -0.39 is 37.1 Å². The van der Waals surface area contributed by atoms with Gasteiger partial charge in [-0.1, -0.05) is 0 Å². The summed E-state index contributed by atoms with van der Waals surface area (Å²) < 4.78 is 122. The number of ether oxygens (including phenoxy) is 1. The zero-order valence-electron chi connectivity index (χ0n) is 7.92. The maximum atomic E-state index is 12.4. The molecule has 0 fully saturated rings. The molecule has 2 nitrogen and oxygen atoms in total. The number of hydrogen-bond acceptors (Lipinski definition) is 2. The van der Waals surface area contributed by atoms with Crippen LogP contribution in [0.3, 0.4) is 0 Å². The average Bonchev–Trinajstić information content (AvgIpc) is 2.14. The maximum Gasteiger partial charge on any atom is 0.445 e. The smallest absolute Gasteiger partial charge is 0.390 e. The molecule has 1 atom stereocenters. The standard InChI is InChI=1S/C6H4F10O2/c7-2(4(10,11)12)18-6(15,16)5(13,14)3(8,9)1-17/h2,17H,1H2. The Balaban J connectivity index is 5.15. The van der Waals surface area contributed by atoms with Gasteiger partial charge in [0.2, 0.25) is 0 Å². The molecule has 0 aromatic rings. The van der Waals surface area contributed by atoms with Crippen LogP contribution in [-0.4, -0.2) is 42.2 Å². The van der Waals surface area contributed by atoms with E-state index in [0.717, 1.165) is 0 Å². The van der Waals surface area contributed by atoms with Crippen molar-refractivity contribution < 1.29 is 53.7 Å². The van der Waals surface area contributed by atoms with Gasteiger partial charge in [0.05, 0.1) is 0 Å². The molecule has 0 aliphatic heterocycles. The van der Waals surface area contributed by atoms with Crippen LogP contribution in [0.1, 0.15) is 0 Å². The van der Waals surface area contributed by atoms with E-state index in [1.165, 1.54) is 0 Å². The maximum absolute atomic E-state index is 12.4. The normalized spacial score (nSPS) is 16.8. The van der Waals surface area contributed by atoms with Crippen molar-refractivity contribution in [2.24, 2.45) is 0 Å². The monoisotopic (exact) mass is 298 g/mol. The lowest BCUT2D eigenvalue weighted by Crippen LogP contribution is -2.58. The van der Waals surface area contributed by atoms with Crippen molar-refractivity contribution in [3.8, 4) is 0 Å². The molecular formula is C6H4F10O2. The highest BCUT2D eigenvalue weighted by molar-refractivity contribution is 4.91. The first-order chi connectivity index (χ1) is 7.69. The summed E-state index contributed by atoms with van der Waals surface area (Å²) in [4.78, 5) is 0. The van der Waals surface area contributed by atoms with Crippen molar-refractivity contribution in [2.75, 3.05) is 6.61 Å². The second-order valence-electron chi connectivity index (χ2n) is 2.93. The molecule has 18 heavy (non-hydrogen) atoms. The van der Waals surface area contributed by atoms with Gasteiger partial charge in [-0.3, -0.25) is 4.74 Å². The Labute approximate surface area is 92.1 Å². The molecule has 1 N–H and O–H groups in total. The van der Waals surface area contributed by atoms with Gasteiger partial charge in [-0.05, 0) is 0 Å². The second-order valence-corrected chi connectivity index (χ2v) is 2.93. The Hall–Kier alpha value is -0.780. The molecule has 0 heterocycles. The molecule has 110 valence electrons. The molecule has 0 aliphatic carbocycles. The van der Waals surface area contributed by atoms with Gasteiger partial charge in [0, 0.05) is 0 Å². The highest BCUT2D eigenvalue weighted by Gasteiger charge is 2.74. The largest absolute Gasteiger partial charge is 0.445 e. The fourth-order valence-corrected chi connectivity index (χ4v) is 0.583. The van der Waals surface area contributed by atoms with Gasteiger partial charge in [0.1, 0.15) is 6.61 Å². The van der Waals surface area contributed by atoms with Gasteiger partial charge in [-0.2, -0.15) is 39.5 Å². The molecule has 0 amide bonds. The summed E-state index contributed by atoms with van der Waals surface area (Å²) in [6, 6.07) is 0. The Bertz CT molecular complexity index is 285. The summed E-state index contributed by atoms with van der Waals surface area (Å²) in [5.41, 5.74) is 0. The van der Waals surface area contributed by atoms with Crippen LogP contribution in [0.25, 0.3) is 0 Å². The van der Waals surface area contributed by atoms with Crippen molar-refractivity contribution in [2.45, 2.75) is 30.5 Å². The van der Waals surface area contributed by atoms with E-state index in [4.69, 9.17) is 5.11 Å². The van der Waals surface area contributed by atoms with Crippen LogP contribution in [0.4, 0.5) is 43.9 Å². The van der Waals surface area contributed by atoms with Gasteiger partial charge in [-0.25, -0.2) is 4.39 Å². The average molecular weight is 298 g/mol. The summed E-state index contributed by atoms with van der Waals surface area (Å²) >= 11 is 0. The lowest BCUT2D eigenvalue weighted by atomic mass is 10.1. The number of aliphatic hydroxyl groups excluding tert-OH is 1. The number of alkyl halides is 10. The Morgan fingerprint density at radius 3 is 1.56 bits per heavy atom. The summed E-state index contributed by atoms with van der Waals surface area (Å²) in [6.45, 7) is -2.80. The third-order valence-electron chi connectivity index (χ3n) is 1.53. The quantitative estimate of drug-likeness (QED) is 0.791. The molecule has 0 bridgehead atoms. The van der Waals surface area contributed by atoms with Crippen LogP contribution in [0.5, 0.6) is 0 Å². The third-order valence-corrected chi connectivity index (χ3v) is 1.53. The fourth-order valence-electron chi connectivity index (χ4n) is 0.583. The van der Waals surface area contributed by atoms with E-state index in [9.17, 15) is 43.9 Å². The van der Waals surface area contributed by atoms with Crippen LogP contribution in [-0.2, 0) is 4.74 Å². The molecule has 0 spiro atoms. The van der Waals surface area contributed by atoms with E-state index in [1.807, 2.05) is 4.74 Å². The van der Waals surface area contributed by atoms with Crippen LogP contribution in [0.15, 0.2) is 0 Å². The van der Waals surface area contributed by atoms with Crippen LogP contribution in [0.2, 0.25) is 0 Å². The van der Waals surface area contributed by atoms with E-state index >= 15 is 0 Å². The third kappa shape index (κ3) is 3.16. The predicted molar refractivity (Wildman–Crippen MR) is 34.0 cm³/mol. The minimum absolute atomic E-state index is 1.99. The van der Waals surface area contributed by atoms with E-state index in [0.29, 0.717) is 0 Å². The molecule has 0 aromatic heterocycles. The minimum atomic E-state index is -6.54. The first kappa shape index (κ1) is 17.2. The van der Waals surface area contributed by atoms with Gasteiger partial charge >= 0.3 is 24.1 Å². The minimum Gasteiger partial charge on any atom is -0.390 e. The van der Waals surface area contributed by atoms with Crippen molar-refractivity contribution in [3.05, 3.63) is 0 Å². The lowest BCUT2D eigenvalue weighted by Gasteiger charge is -2.32. The second kappa shape index (κ2) is 4.72. The summed E-state index contributed by atoms with van der Waals surface area (Å²) in [5, 5.41) is 7.75. The topological polar surface area (TPSA) is 29.5 Å². The van der Waals surface area contributed by atoms with Crippen LogP contribution >= 0.6 is 0 Å². The van der Waals surface area contributed by atoms with E-state index in [-0.39, 0.29) is 0 Å². The molecule has 1 unspecified atom stereocenters. The molecule has 0 radical (unpaired) electrons. The summed E-state index contributed by atoms with van der Waals surface area (Å²) in [5.74, 6) is -12.3. The zero-order valence-corrected chi connectivity index (χ0v) is 7.92.